The number of carbonyl (C=O) groups excluding carboxylic acids is 1. The van der Waals surface area contributed by atoms with E-state index in [1.807, 2.05) is 6.07 Å². The number of unbranched alkanes of at least 4 members (excludes halogenated alkanes) is 1. The molecule has 1 aliphatic rings. The third kappa shape index (κ3) is 7.76. The van der Waals surface area contributed by atoms with E-state index in [1.54, 1.807) is 42.6 Å². The molecule has 0 unspecified atom stereocenters. The third-order valence-corrected chi connectivity index (χ3v) is 8.58. The fourth-order valence-corrected chi connectivity index (χ4v) is 6.27. The smallest absolute Gasteiger partial charge is 0.261 e. The fraction of sp³-hybridized carbons (Fsp3) is 0.235. The van der Waals surface area contributed by atoms with Gasteiger partial charge < -0.3 is 15.4 Å². The summed E-state index contributed by atoms with van der Waals surface area (Å²) in [6.45, 7) is 4.43. The molecule has 0 radical (unpaired) electrons. The van der Waals surface area contributed by atoms with Gasteiger partial charge in [-0.25, -0.2) is 28.1 Å². The molecule has 1 aliphatic heterocycles. The molecule has 0 atom stereocenters. The Bertz CT molecular complexity index is 1810. The summed E-state index contributed by atoms with van der Waals surface area (Å²) in [5.41, 5.74) is 2.17. The first-order valence-electron chi connectivity index (χ1n) is 14.9. The van der Waals surface area contributed by atoms with E-state index in [4.69, 9.17) is 14.7 Å². The van der Waals surface area contributed by atoms with Crippen LogP contribution in [0.4, 0.5) is 30.5 Å². The van der Waals surface area contributed by atoms with Gasteiger partial charge in [0.2, 0.25) is 5.95 Å². The molecule has 236 valence electrons. The van der Waals surface area contributed by atoms with Crippen molar-refractivity contribution in [1.29, 1.82) is 0 Å². The number of carbonyl (C=O) groups is 1. The molecule has 6 rings (SSSR count). The Labute approximate surface area is 268 Å². The number of rotatable bonds is 11. The number of hydrogen-bond acceptors (Lipinski definition) is 8. The molecule has 1 fully saturated rings. The second-order valence-electron chi connectivity index (χ2n) is 10.7. The largest absolute Gasteiger partial charge is 0.379 e. The summed E-state index contributed by atoms with van der Waals surface area (Å²) in [7, 11) is 0. The molecule has 46 heavy (non-hydrogen) atoms. The van der Waals surface area contributed by atoms with E-state index in [0.717, 1.165) is 74.1 Å². The highest BCUT2D eigenvalue weighted by Gasteiger charge is 2.20. The Hall–Kier alpha value is -4.65. The van der Waals surface area contributed by atoms with E-state index in [0.29, 0.717) is 34.3 Å². The monoisotopic (exact) mass is 644 g/mol. The van der Waals surface area contributed by atoms with Gasteiger partial charge in [0.05, 0.1) is 34.5 Å². The predicted octanol–water partition coefficient (Wildman–Crippen LogP) is 7.34. The first kappa shape index (κ1) is 31.3. The van der Waals surface area contributed by atoms with Crippen molar-refractivity contribution in [2.45, 2.75) is 19.3 Å². The van der Waals surface area contributed by atoms with Crippen molar-refractivity contribution >= 4 is 34.6 Å². The number of aromatic nitrogens is 3. The van der Waals surface area contributed by atoms with Gasteiger partial charge in [-0.05, 0) is 74.3 Å². The van der Waals surface area contributed by atoms with Gasteiger partial charge in [0, 0.05) is 36.2 Å². The zero-order valence-electron chi connectivity index (χ0n) is 24.8. The maximum Gasteiger partial charge on any atom is 0.261 e. The van der Waals surface area contributed by atoms with E-state index in [2.05, 4.69) is 20.5 Å². The summed E-state index contributed by atoms with van der Waals surface area (Å²) in [4.78, 5) is 30.0. The summed E-state index contributed by atoms with van der Waals surface area (Å²) < 4.78 is 47.7. The molecule has 12 heteroatoms. The van der Waals surface area contributed by atoms with Crippen LogP contribution in [0.15, 0.2) is 79.0 Å². The number of amides is 1. The number of benzene rings is 3. The van der Waals surface area contributed by atoms with E-state index in [-0.39, 0.29) is 5.82 Å². The van der Waals surface area contributed by atoms with Crippen molar-refractivity contribution in [1.82, 2.24) is 19.9 Å². The van der Waals surface area contributed by atoms with Crippen LogP contribution in [-0.2, 0) is 11.2 Å². The van der Waals surface area contributed by atoms with Crippen LogP contribution in [0.25, 0.3) is 21.8 Å². The van der Waals surface area contributed by atoms with Crippen molar-refractivity contribution in [2.75, 3.05) is 43.5 Å². The summed E-state index contributed by atoms with van der Waals surface area (Å²) >= 11 is 1.52. The van der Waals surface area contributed by atoms with E-state index >= 15 is 0 Å². The number of halogens is 3. The topological polar surface area (TPSA) is 92.3 Å². The highest BCUT2D eigenvalue weighted by Crippen LogP contribution is 2.38. The lowest BCUT2D eigenvalue weighted by Crippen LogP contribution is -2.36. The molecular formula is C34H31F3N6O2S. The third-order valence-electron chi connectivity index (χ3n) is 7.44. The Kier molecular flexibility index (Phi) is 9.97. The van der Waals surface area contributed by atoms with Crippen LogP contribution < -0.4 is 10.6 Å². The molecule has 3 aromatic carbocycles. The summed E-state index contributed by atoms with van der Waals surface area (Å²) in [5.74, 6) is -2.87. The van der Waals surface area contributed by atoms with Gasteiger partial charge in [0.25, 0.3) is 5.91 Å². The minimum Gasteiger partial charge on any atom is -0.379 e. The number of anilines is 3. The van der Waals surface area contributed by atoms with Crippen LogP contribution in [-0.4, -0.2) is 58.6 Å². The SMILES string of the molecule is O=C(Nc1cccc(-c2nc(CCCCN3CCOCC3)sc2-c2ccnc(Nc3cccc(F)c3)n2)c1)c1c(F)cccc1F. The van der Waals surface area contributed by atoms with Crippen LogP contribution >= 0.6 is 11.3 Å². The van der Waals surface area contributed by atoms with Crippen LogP contribution in [0.2, 0.25) is 0 Å². The summed E-state index contributed by atoms with van der Waals surface area (Å²) in [6.07, 6.45) is 4.36. The lowest BCUT2D eigenvalue weighted by Gasteiger charge is -2.26. The number of morpholine rings is 1. The van der Waals surface area contributed by atoms with Crippen molar-refractivity contribution in [3.8, 4) is 21.8 Å². The molecule has 0 aliphatic carbocycles. The normalized spacial score (nSPS) is 13.5. The first-order chi connectivity index (χ1) is 22.4. The molecule has 5 aromatic rings. The molecule has 0 spiro atoms. The number of nitrogens with one attached hydrogen (secondary N) is 2. The van der Waals surface area contributed by atoms with Gasteiger partial charge >= 0.3 is 0 Å². The second kappa shape index (κ2) is 14.6. The average Bonchev–Trinajstić information content (AvgIpc) is 3.48. The quantitative estimate of drug-likeness (QED) is 0.146. The van der Waals surface area contributed by atoms with Gasteiger partial charge in [0.15, 0.2) is 0 Å². The molecule has 1 saturated heterocycles. The molecule has 8 nitrogen and oxygen atoms in total. The van der Waals surface area contributed by atoms with Crippen molar-refractivity contribution in [3.05, 3.63) is 107 Å². The Morgan fingerprint density at radius 2 is 1.65 bits per heavy atom. The number of ether oxygens (including phenoxy) is 1. The second-order valence-corrected chi connectivity index (χ2v) is 11.8. The van der Waals surface area contributed by atoms with Crippen LogP contribution in [0.5, 0.6) is 0 Å². The van der Waals surface area contributed by atoms with Crippen molar-refractivity contribution in [2.24, 2.45) is 0 Å². The zero-order chi connectivity index (χ0) is 31.9. The highest BCUT2D eigenvalue weighted by molar-refractivity contribution is 7.15. The fourth-order valence-electron chi connectivity index (χ4n) is 5.17. The van der Waals surface area contributed by atoms with E-state index in [1.165, 1.54) is 29.5 Å². The van der Waals surface area contributed by atoms with Crippen molar-refractivity contribution < 1.29 is 22.7 Å². The molecule has 2 N–H and O–H groups in total. The first-order valence-corrected chi connectivity index (χ1v) is 15.8. The maximum absolute atomic E-state index is 14.3. The number of thiazole rings is 1. The number of hydrogen-bond donors (Lipinski definition) is 2. The maximum atomic E-state index is 14.3. The molecular weight excluding hydrogens is 613 g/mol. The van der Waals surface area contributed by atoms with E-state index in [9.17, 15) is 18.0 Å². The van der Waals surface area contributed by atoms with Gasteiger partial charge in [-0.15, -0.1) is 11.3 Å². The van der Waals surface area contributed by atoms with Gasteiger partial charge in [-0.1, -0.05) is 24.3 Å². The van der Waals surface area contributed by atoms with Gasteiger partial charge in [-0.2, -0.15) is 0 Å². The number of nitrogens with zero attached hydrogens (tertiary/aromatic N) is 4. The molecule has 3 heterocycles. The summed E-state index contributed by atoms with van der Waals surface area (Å²) in [5, 5.41) is 6.58. The lowest BCUT2D eigenvalue weighted by molar-refractivity contribution is 0.0372. The van der Waals surface area contributed by atoms with Gasteiger partial charge in [0.1, 0.15) is 23.0 Å². The highest BCUT2D eigenvalue weighted by atomic mass is 32.1. The molecule has 0 saturated carbocycles. The molecule has 2 aromatic heterocycles. The lowest BCUT2D eigenvalue weighted by atomic mass is 10.1. The standard InChI is InChI=1S/C34H31F3N6O2S/c35-23-7-4-9-25(21-23)40-34-38-14-13-28(41-34)32-31(42-29(46-32)12-1-2-15-43-16-18-45-19-17-43)22-6-3-8-24(20-22)39-33(44)30-26(36)10-5-11-27(30)37/h3-11,13-14,20-21H,1-2,12,15-19H2,(H,39,44)(H,38,40,41). The predicted molar refractivity (Wildman–Crippen MR) is 173 cm³/mol. The van der Waals surface area contributed by atoms with E-state index < -0.39 is 23.1 Å². The Morgan fingerprint density at radius 1 is 0.891 bits per heavy atom. The average molecular weight is 645 g/mol. The molecule has 0 bridgehead atoms. The van der Waals surface area contributed by atoms with Crippen molar-refractivity contribution in [3.63, 3.8) is 0 Å². The molecule has 1 amide bonds. The zero-order valence-corrected chi connectivity index (χ0v) is 25.6. The Balaban J connectivity index is 1.27. The van der Waals surface area contributed by atoms with Crippen LogP contribution in [0, 0.1) is 17.5 Å². The van der Waals surface area contributed by atoms with Crippen LogP contribution in [0.3, 0.4) is 0 Å². The Morgan fingerprint density at radius 3 is 2.46 bits per heavy atom. The minimum absolute atomic E-state index is 0.294. The number of aryl methyl sites for hydroxylation is 1. The van der Waals surface area contributed by atoms with Crippen LogP contribution in [0.1, 0.15) is 28.2 Å². The minimum atomic E-state index is -0.944. The summed E-state index contributed by atoms with van der Waals surface area (Å²) in [6, 6.07) is 18.1. The van der Waals surface area contributed by atoms with Gasteiger partial charge in [-0.3, -0.25) is 9.69 Å².